The Morgan fingerprint density at radius 1 is 1.25 bits per heavy atom. The summed E-state index contributed by atoms with van der Waals surface area (Å²) in [6.07, 6.45) is 1.89. The summed E-state index contributed by atoms with van der Waals surface area (Å²) in [4.78, 5) is 15.4. The molecule has 3 N–H and O–H groups in total. The van der Waals surface area contributed by atoms with Crippen molar-refractivity contribution in [1.82, 2.24) is 20.6 Å². The maximum atomic E-state index is 13.3. The van der Waals surface area contributed by atoms with Crippen LogP contribution in [0.25, 0.3) is 10.9 Å². The topological polar surface area (TPSA) is 126 Å². The van der Waals surface area contributed by atoms with Crippen molar-refractivity contribution >= 4 is 34.1 Å². The molecule has 2 aromatic heterocycles. The molecule has 0 aliphatic heterocycles. The molecule has 32 heavy (non-hydrogen) atoms. The number of amides is 1. The van der Waals surface area contributed by atoms with Gasteiger partial charge in [-0.25, -0.2) is 9.02 Å². The van der Waals surface area contributed by atoms with E-state index in [9.17, 15) is 14.4 Å². The van der Waals surface area contributed by atoms with Crippen molar-refractivity contribution in [2.24, 2.45) is 5.16 Å². The van der Waals surface area contributed by atoms with Crippen molar-refractivity contribution in [1.29, 1.82) is 0 Å². The monoisotopic (exact) mass is 457 g/mol. The molecule has 2 aromatic carbocycles. The summed E-state index contributed by atoms with van der Waals surface area (Å²) in [5.74, 6) is -0.810. The molecule has 0 saturated heterocycles. The molecule has 0 radical (unpaired) electrons. The Kier molecular flexibility index (Phi) is 6.31. The van der Waals surface area contributed by atoms with Crippen molar-refractivity contribution in [3.05, 3.63) is 76.3 Å². The molecule has 11 heteroatoms. The number of rotatable bonds is 8. The standard InChI is InChI=1S/C21H17ClFN5O4/c22-15-9-12(1-3-16(15)23)10-18(26-30)19-21(28-32-27-19)31-8-7-25-20(29)14-2-4-17-13(11-14)5-6-24-17/h1-6,9,11,24,30H,7-8,10H2,(H,25,29). The zero-order valence-corrected chi connectivity index (χ0v) is 17.3. The summed E-state index contributed by atoms with van der Waals surface area (Å²) in [5, 5.41) is 23.6. The normalized spacial score (nSPS) is 11.6. The minimum Gasteiger partial charge on any atom is -0.472 e. The average molecular weight is 458 g/mol. The molecule has 0 bridgehead atoms. The van der Waals surface area contributed by atoms with Crippen LogP contribution in [-0.2, 0) is 6.42 Å². The van der Waals surface area contributed by atoms with E-state index in [1.165, 1.54) is 18.2 Å². The van der Waals surface area contributed by atoms with Crippen molar-refractivity contribution in [2.45, 2.75) is 6.42 Å². The molecule has 0 unspecified atom stereocenters. The first-order valence-corrected chi connectivity index (χ1v) is 9.89. The predicted octanol–water partition coefficient (Wildman–Crippen LogP) is 3.57. The van der Waals surface area contributed by atoms with Gasteiger partial charge in [0, 0.05) is 29.1 Å². The van der Waals surface area contributed by atoms with Gasteiger partial charge >= 0.3 is 0 Å². The molecule has 0 fully saturated rings. The third-order valence-electron chi connectivity index (χ3n) is 4.65. The summed E-state index contributed by atoms with van der Waals surface area (Å²) in [5.41, 5.74) is 2.23. The van der Waals surface area contributed by atoms with Gasteiger partial charge in [0.25, 0.3) is 11.8 Å². The largest absolute Gasteiger partial charge is 0.472 e. The Morgan fingerprint density at radius 2 is 2.12 bits per heavy atom. The Hall–Kier alpha value is -3.92. The number of benzene rings is 2. The van der Waals surface area contributed by atoms with Crippen LogP contribution in [-0.4, -0.2) is 45.3 Å². The van der Waals surface area contributed by atoms with Crippen molar-refractivity contribution in [2.75, 3.05) is 13.2 Å². The van der Waals surface area contributed by atoms with Crippen LogP contribution in [0.1, 0.15) is 21.6 Å². The van der Waals surface area contributed by atoms with Gasteiger partial charge in [0.1, 0.15) is 18.1 Å². The van der Waals surface area contributed by atoms with Crippen molar-refractivity contribution in [3.63, 3.8) is 0 Å². The molecule has 0 atom stereocenters. The third kappa shape index (κ3) is 4.70. The molecule has 164 valence electrons. The van der Waals surface area contributed by atoms with E-state index in [0.717, 1.165) is 10.9 Å². The molecular formula is C21H17ClFN5O4. The zero-order valence-electron chi connectivity index (χ0n) is 16.5. The molecule has 0 aliphatic rings. The highest BCUT2D eigenvalue weighted by Crippen LogP contribution is 2.20. The summed E-state index contributed by atoms with van der Waals surface area (Å²) in [7, 11) is 0. The number of aromatic nitrogens is 3. The van der Waals surface area contributed by atoms with E-state index in [1.54, 1.807) is 18.3 Å². The fraction of sp³-hybridized carbons (Fsp3) is 0.143. The van der Waals surface area contributed by atoms with Crippen LogP contribution < -0.4 is 10.1 Å². The lowest BCUT2D eigenvalue weighted by Gasteiger charge is -2.07. The van der Waals surface area contributed by atoms with Gasteiger partial charge in [-0.3, -0.25) is 4.79 Å². The highest BCUT2D eigenvalue weighted by atomic mass is 35.5. The second-order valence-corrected chi connectivity index (χ2v) is 7.18. The number of hydrogen-bond donors (Lipinski definition) is 3. The Bertz CT molecular complexity index is 1290. The summed E-state index contributed by atoms with van der Waals surface area (Å²) >= 11 is 5.79. The second kappa shape index (κ2) is 9.48. The van der Waals surface area contributed by atoms with Gasteiger partial charge in [-0.15, -0.1) is 0 Å². The lowest BCUT2D eigenvalue weighted by Crippen LogP contribution is -2.28. The maximum absolute atomic E-state index is 13.3. The summed E-state index contributed by atoms with van der Waals surface area (Å²) in [6, 6.07) is 11.3. The predicted molar refractivity (Wildman–Crippen MR) is 114 cm³/mol. The molecule has 1 amide bonds. The van der Waals surface area contributed by atoms with E-state index >= 15 is 0 Å². The number of nitrogens with zero attached hydrogens (tertiary/aromatic N) is 3. The van der Waals surface area contributed by atoms with Crippen LogP contribution in [0.4, 0.5) is 4.39 Å². The minimum atomic E-state index is -0.555. The highest BCUT2D eigenvalue weighted by Gasteiger charge is 2.20. The maximum Gasteiger partial charge on any atom is 0.285 e. The molecular weight excluding hydrogens is 441 g/mol. The van der Waals surface area contributed by atoms with Gasteiger partial charge in [-0.2, -0.15) is 0 Å². The first-order valence-electron chi connectivity index (χ1n) is 9.51. The van der Waals surface area contributed by atoms with Crippen LogP contribution in [0.2, 0.25) is 5.02 Å². The number of fused-ring (bicyclic) bond motifs is 1. The number of oxime groups is 1. The van der Waals surface area contributed by atoms with Gasteiger partial charge < -0.3 is 20.2 Å². The number of hydrogen-bond acceptors (Lipinski definition) is 7. The fourth-order valence-electron chi connectivity index (χ4n) is 3.07. The van der Waals surface area contributed by atoms with E-state index in [4.69, 9.17) is 21.0 Å². The number of carbonyl (C=O) groups excluding carboxylic acids is 1. The van der Waals surface area contributed by atoms with Gasteiger partial charge in [0.15, 0.2) is 5.69 Å². The van der Waals surface area contributed by atoms with Crippen molar-refractivity contribution < 1.29 is 23.8 Å². The van der Waals surface area contributed by atoms with Crippen LogP contribution in [0.5, 0.6) is 5.88 Å². The molecule has 0 aliphatic carbocycles. The Morgan fingerprint density at radius 3 is 2.94 bits per heavy atom. The summed E-state index contributed by atoms with van der Waals surface area (Å²) < 4.78 is 23.6. The van der Waals surface area contributed by atoms with E-state index < -0.39 is 5.82 Å². The van der Waals surface area contributed by atoms with E-state index in [1.807, 2.05) is 12.1 Å². The SMILES string of the molecule is O=C(NCCOc1nonc1C(Cc1ccc(F)c(Cl)c1)=NO)c1ccc2[nH]ccc2c1. The molecule has 0 spiro atoms. The molecule has 4 rings (SSSR count). The van der Waals surface area contributed by atoms with Gasteiger partial charge in [0.2, 0.25) is 0 Å². The van der Waals surface area contributed by atoms with Crippen LogP contribution in [0.3, 0.4) is 0 Å². The molecule has 0 saturated carbocycles. The number of nitrogens with one attached hydrogen (secondary N) is 2. The minimum absolute atomic E-state index is 0.00556. The van der Waals surface area contributed by atoms with E-state index in [-0.39, 0.29) is 47.8 Å². The van der Waals surface area contributed by atoms with Gasteiger partial charge in [0.05, 0.1) is 11.6 Å². The van der Waals surface area contributed by atoms with Gasteiger partial charge in [-0.1, -0.05) is 22.8 Å². The van der Waals surface area contributed by atoms with Crippen LogP contribution in [0, 0.1) is 5.82 Å². The number of carbonyl (C=O) groups is 1. The summed E-state index contributed by atoms with van der Waals surface area (Å²) in [6.45, 7) is 0.260. The number of aromatic amines is 1. The zero-order chi connectivity index (χ0) is 22.5. The number of ether oxygens (including phenoxy) is 1. The molecule has 4 aromatic rings. The van der Waals surface area contributed by atoms with E-state index in [0.29, 0.717) is 11.1 Å². The van der Waals surface area contributed by atoms with Crippen molar-refractivity contribution in [3.8, 4) is 5.88 Å². The van der Waals surface area contributed by atoms with Crippen LogP contribution in [0.15, 0.2) is 58.4 Å². The highest BCUT2D eigenvalue weighted by molar-refractivity contribution is 6.30. The molecule has 9 nitrogen and oxygen atoms in total. The number of halogens is 2. The Labute approximate surface area is 185 Å². The number of H-pyrrole nitrogens is 1. The Balaban J connectivity index is 1.34. The van der Waals surface area contributed by atoms with Gasteiger partial charge in [-0.05, 0) is 52.3 Å². The third-order valence-corrected chi connectivity index (χ3v) is 4.94. The first kappa shape index (κ1) is 21.3. The quantitative estimate of drug-likeness (QED) is 0.161. The average Bonchev–Trinajstić information content (AvgIpc) is 3.46. The van der Waals surface area contributed by atoms with Crippen LogP contribution >= 0.6 is 11.6 Å². The molecule has 2 heterocycles. The second-order valence-electron chi connectivity index (χ2n) is 6.77. The first-order chi connectivity index (χ1) is 15.5. The fourth-order valence-corrected chi connectivity index (χ4v) is 3.27. The lowest BCUT2D eigenvalue weighted by atomic mass is 10.1. The van der Waals surface area contributed by atoms with E-state index in [2.05, 4.69) is 25.8 Å². The smallest absolute Gasteiger partial charge is 0.285 e. The lowest BCUT2D eigenvalue weighted by molar-refractivity contribution is 0.0946.